The van der Waals surface area contributed by atoms with Crippen LogP contribution in [0.5, 0.6) is 11.5 Å². The van der Waals surface area contributed by atoms with E-state index in [1.165, 1.54) is 16.4 Å². The Morgan fingerprint density at radius 2 is 1.33 bits per heavy atom. The Balaban J connectivity index is 1.75. The summed E-state index contributed by atoms with van der Waals surface area (Å²) in [4.78, 5) is 0. The Morgan fingerprint density at radius 3 is 1.90 bits per heavy atom. The first kappa shape index (κ1) is 28.8. The largest absolute Gasteiger partial charge is 0.467 e. The number of benzene rings is 4. The molecular formula is C32H37FO5Si. The fourth-order valence-corrected chi connectivity index (χ4v) is 9.77. The van der Waals surface area contributed by atoms with Crippen LogP contribution in [0, 0.1) is 5.82 Å². The summed E-state index contributed by atoms with van der Waals surface area (Å²) < 4.78 is 44.2. The summed E-state index contributed by atoms with van der Waals surface area (Å²) in [5, 5.41) is 3.68. The molecule has 0 aromatic heterocycles. The fraction of sp³-hybridized carbons (Fsp3) is 0.312. The Labute approximate surface area is 231 Å². The van der Waals surface area contributed by atoms with E-state index in [0.29, 0.717) is 35.5 Å². The molecule has 0 aliphatic carbocycles. The number of hydrogen-bond donors (Lipinski definition) is 0. The minimum atomic E-state index is -2.75. The van der Waals surface area contributed by atoms with Crippen molar-refractivity contribution < 1.29 is 27.8 Å². The molecule has 0 unspecified atom stereocenters. The van der Waals surface area contributed by atoms with Crippen LogP contribution in [-0.4, -0.2) is 42.7 Å². The van der Waals surface area contributed by atoms with Gasteiger partial charge in [-0.2, -0.15) is 0 Å². The first-order valence-corrected chi connectivity index (χ1v) is 15.0. The lowest BCUT2D eigenvalue weighted by molar-refractivity contribution is 0.0468. The highest BCUT2D eigenvalue weighted by Crippen LogP contribution is 2.38. The highest BCUT2D eigenvalue weighted by atomic mass is 28.4. The third kappa shape index (κ3) is 6.17. The average molecular weight is 549 g/mol. The van der Waals surface area contributed by atoms with Crippen LogP contribution in [0.3, 0.4) is 0 Å². The SMILES string of the molecule is COCOc1cc(OCOC)c2c(CCO[Si](c3ccccc3)(c3ccccc3)C(C)(C)C)c(F)ccc2c1. The van der Waals surface area contributed by atoms with Gasteiger partial charge in [-0.15, -0.1) is 0 Å². The Hall–Kier alpha value is -3.23. The van der Waals surface area contributed by atoms with Crippen molar-refractivity contribution in [1.29, 1.82) is 0 Å². The topological polar surface area (TPSA) is 46.2 Å². The number of halogens is 1. The van der Waals surface area contributed by atoms with Crippen molar-refractivity contribution in [2.24, 2.45) is 0 Å². The first-order valence-electron chi connectivity index (χ1n) is 13.1. The van der Waals surface area contributed by atoms with Gasteiger partial charge in [0.1, 0.15) is 17.3 Å². The molecule has 0 amide bonds. The van der Waals surface area contributed by atoms with Crippen LogP contribution in [0.25, 0.3) is 10.8 Å². The number of ether oxygens (including phenoxy) is 4. The van der Waals surface area contributed by atoms with E-state index in [-0.39, 0.29) is 24.4 Å². The summed E-state index contributed by atoms with van der Waals surface area (Å²) in [5.74, 6) is 0.748. The van der Waals surface area contributed by atoms with Crippen molar-refractivity contribution in [1.82, 2.24) is 0 Å². The number of fused-ring (bicyclic) bond motifs is 1. The summed E-state index contributed by atoms with van der Waals surface area (Å²) in [6, 6.07) is 27.7. The molecule has 0 fully saturated rings. The lowest BCUT2D eigenvalue weighted by atomic mass is 10.0. The molecule has 0 aliphatic rings. The monoisotopic (exact) mass is 548 g/mol. The van der Waals surface area contributed by atoms with Crippen molar-refractivity contribution in [3.05, 3.63) is 96.3 Å². The van der Waals surface area contributed by atoms with E-state index in [1.807, 2.05) is 18.2 Å². The van der Waals surface area contributed by atoms with Crippen LogP contribution in [0.15, 0.2) is 84.9 Å². The second kappa shape index (κ2) is 12.7. The number of methoxy groups -OCH3 is 2. The highest BCUT2D eigenvalue weighted by molar-refractivity contribution is 6.99. The second-order valence-electron chi connectivity index (χ2n) is 10.4. The van der Waals surface area contributed by atoms with Crippen molar-refractivity contribution in [3.8, 4) is 11.5 Å². The second-order valence-corrected chi connectivity index (χ2v) is 14.7. The fourth-order valence-electron chi connectivity index (χ4n) is 5.21. The molecule has 4 aromatic carbocycles. The summed E-state index contributed by atoms with van der Waals surface area (Å²) in [6.07, 6.45) is 0.370. The molecule has 0 N–H and O–H groups in total. The van der Waals surface area contributed by atoms with Gasteiger partial charge in [-0.1, -0.05) is 87.5 Å². The third-order valence-corrected chi connectivity index (χ3v) is 11.9. The standard InChI is InChI=1S/C32H37FO5Si/c1-32(2,3)39(26-12-8-6-9-13-26,27-14-10-7-11-15-27)38-19-18-28-29(33)17-16-24-20-25(36-22-34-4)21-30(31(24)28)37-23-35-5/h6-17,20-21H,18-19,22-23H2,1-5H3. The van der Waals surface area contributed by atoms with Crippen molar-refractivity contribution in [2.75, 3.05) is 34.4 Å². The summed E-state index contributed by atoms with van der Waals surface area (Å²) in [5.41, 5.74) is 0.537. The summed E-state index contributed by atoms with van der Waals surface area (Å²) in [6.45, 7) is 7.16. The van der Waals surface area contributed by atoms with Crippen molar-refractivity contribution in [3.63, 3.8) is 0 Å². The van der Waals surface area contributed by atoms with E-state index in [2.05, 4.69) is 69.3 Å². The smallest absolute Gasteiger partial charge is 0.261 e. The maximum atomic E-state index is 15.4. The predicted octanol–water partition coefficient (Wildman–Crippen LogP) is 6.06. The zero-order valence-corrected chi connectivity index (χ0v) is 24.3. The van der Waals surface area contributed by atoms with Crippen LogP contribution >= 0.6 is 0 Å². The maximum absolute atomic E-state index is 15.4. The maximum Gasteiger partial charge on any atom is 0.261 e. The van der Waals surface area contributed by atoms with Crippen molar-refractivity contribution in [2.45, 2.75) is 32.2 Å². The molecule has 0 radical (unpaired) electrons. The van der Waals surface area contributed by atoms with Crippen LogP contribution in [-0.2, 0) is 20.3 Å². The van der Waals surface area contributed by atoms with Crippen molar-refractivity contribution >= 4 is 29.5 Å². The lowest BCUT2D eigenvalue weighted by Crippen LogP contribution is -2.66. The lowest BCUT2D eigenvalue weighted by Gasteiger charge is -2.43. The van der Waals surface area contributed by atoms with Crippen LogP contribution in [0.1, 0.15) is 26.3 Å². The highest BCUT2D eigenvalue weighted by Gasteiger charge is 2.50. The zero-order chi connectivity index (χ0) is 27.9. The quantitative estimate of drug-likeness (QED) is 0.159. The number of rotatable bonds is 12. The molecule has 0 bridgehead atoms. The normalized spacial score (nSPS) is 12.1. The Kier molecular flexibility index (Phi) is 9.40. The molecule has 206 valence electrons. The minimum absolute atomic E-state index is 0.0251. The number of hydrogen-bond acceptors (Lipinski definition) is 5. The molecule has 4 aromatic rings. The minimum Gasteiger partial charge on any atom is -0.467 e. The zero-order valence-electron chi connectivity index (χ0n) is 23.3. The van der Waals surface area contributed by atoms with E-state index in [9.17, 15) is 0 Å². The Bertz CT molecular complexity index is 1320. The van der Waals surface area contributed by atoms with E-state index >= 15 is 4.39 Å². The van der Waals surface area contributed by atoms with Gasteiger partial charge in [0, 0.05) is 37.8 Å². The molecule has 5 nitrogen and oxygen atoms in total. The van der Waals surface area contributed by atoms with Gasteiger partial charge in [0.15, 0.2) is 13.6 Å². The van der Waals surface area contributed by atoms with Crippen LogP contribution in [0.4, 0.5) is 4.39 Å². The first-order chi connectivity index (χ1) is 18.8. The summed E-state index contributed by atoms with van der Waals surface area (Å²) >= 11 is 0. The van der Waals surface area contributed by atoms with E-state index in [4.69, 9.17) is 23.4 Å². The third-order valence-electron chi connectivity index (χ3n) is 6.87. The van der Waals surface area contributed by atoms with Gasteiger partial charge in [-0.25, -0.2) is 4.39 Å². The van der Waals surface area contributed by atoms with Gasteiger partial charge < -0.3 is 23.4 Å². The summed E-state index contributed by atoms with van der Waals surface area (Å²) in [7, 11) is 0.352. The van der Waals surface area contributed by atoms with E-state index < -0.39 is 8.32 Å². The van der Waals surface area contributed by atoms with E-state index in [0.717, 1.165) is 5.39 Å². The van der Waals surface area contributed by atoms with Gasteiger partial charge in [0.2, 0.25) is 0 Å². The molecule has 0 atom stereocenters. The van der Waals surface area contributed by atoms with Gasteiger partial charge in [-0.3, -0.25) is 0 Å². The average Bonchev–Trinajstić information content (AvgIpc) is 2.94. The molecular weight excluding hydrogens is 511 g/mol. The molecule has 7 heteroatoms. The molecule has 0 aliphatic heterocycles. The molecule has 0 saturated carbocycles. The van der Waals surface area contributed by atoms with E-state index in [1.54, 1.807) is 26.4 Å². The molecule has 4 rings (SSSR count). The molecule has 0 spiro atoms. The molecule has 0 saturated heterocycles. The van der Waals surface area contributed by atoms with Gasteiger partial charge in [-0.05, 0) is 39.4 Å². The van der Waals surface area contributed by atoms with Crippen LogP contribution in [0.2, 0.25) is 5.04 Å². The van der Waals surface area contributed by atoms with Crippen LogP contribution < -0.4 is 19.8 Å². The predicted molar refractivity (Wildman–Crippen MR) is 156 cm³/mol. The van der Waals surface area contributed by atoms with Gasteiger partial charge in [0.05, 0.1) is 0 Å². The molecule has 0 heterocycles. The van der Waals surface area contributed by atoms with Gasteiger partial charge >= 0.3 is 0 Å². The molecule has 39 heavy (non-hydrogen) atoms. The Morgan fingerprint density at radius 1 is 0.744 bits per heavy atom. The van der Waals surface area contributed by atoms with Gasteiger partial charge in [0.25, 0.3) is 8.32 Å².